The van der Waals surface area contributed by atoms with E-state index in [1.807, 2.05) is 26.1 Å². The molecule has 0 aliphatic carbocycles. The maximum atomic E-state index is 6.25. The Morgan fingerprint density at radius 2 is 2.15 bits per heavy atom. The van der Waals surface area contributed by atoms with Crippen LogP contribution >= 0.6 is 11.6 Å². The van der Waals surface area contributed by atoms with Crippen LogP contribution in [0, 0.1) is 6.92 Å². The van der Waals surface area contributed by atoms with Crippen LogP contribution < -0.4 is 0 Å². The Labute approximate surface area is 121 Å². The molecule has 0 saturated heterocycles. The minimum absolute atomic E-state index is 0.167. The molecular formula is C13H15ClN6. The first kappa shape index (κ1) is 13.1. The van der Waals surface area contributed by atoms with E-state index in [0.29, 0.717) is 13.1 Å². The molecule has 0 aromatic carbocycles. The number of alkyl halides is 1. The summed E-state index contributed by atoms with van der Waals surface area (Å²) in [5.74, 6) is 0.837. The fourth-order valence-electron chi connectivity index (χ4n) is 2.23. The molecule has 0 saturated carbocycles. The summed E-state index contributed by atoms with van der Waals surface area (Å²) in [6.45, 7) is 5.37. The third kappa shape index (κ3) is 2.27. The summed E-state index contributed by atoms with van der Waals surface area (Å²) in [6.07, 6.45) is 5.30. The maximum Gasteiger partial charge on any atom is 0.160 e. The molecule has 0 N–H and O–H groups in total. The highest BCUT2D eigenvalue weighted by atomic mass is 35.5. The number of hydrogen-bond donors (Lipinski definition) is 0. The molecule has 0 bridgehead atoms. The maximum absolute atomic E-state index is 6.25. The SMILES string of the molecule is Cc1ccnc2c1nc(C(C)Cl)n2CCn1ccnn1. The van der Waals surface area contributed by atoms with Crippen molar-refractivity contribution in [1.29, 1.82) is 0 Å². The molecule has 0 radical (unpaired) electrons. The standard InChI is InChI=1S/C13H15ClN6/c1-9-3-4-15-13-11(9)17-12(10(2)14)20(13)8-7-19-6-5-16-18-19/h3-6,10H,7-8H2,1-2H3. The van der Waals surface area contributed by atoms with Crippen LogP contribution in [0.4, 0.5) is 0 Å². The zero-order valence-electron chi connectivity index (χ0n) is 11.4. The zero-order valence-corrected chi connectivity index (χ0v) is 12.1. The van der Waals surface area contributed by atoms with Gasteiger partial charge in [0.1, 0.15) is 11.3 Å². The van der Waals surface area contributed by atoms with E-state index >= 15 is 0 Å². The first-order valence-corrected chi connectivity index (χ1v) is 6.90. The average molecular weight is 291 g/mol. The van der Waals surface area contributed by atoms with E-state index < -0.39 is 0 Å². The second-order valence-corrected chi connectivity index (χ2v) is 5.36. The summed E-state index contributed by atoms with van der Waals surface area (Å²) in [7, 11) is 0. The minimum Gasteiger partial charge on any atom is -0.310 e. The van der Waals surface area contributed by atoms with Crippen molar-refractivity contribution in [3.8, 4) is 0 Å². The molecule has 3 heterocycles. The lowest BCUT2D eigenvalue weighted by Crippen LogP contribution is -2.11. The Morgan fingerprint density at radius 1 is 1.30 bits per heavy atom. The van der Waals surface area contributed by atoms with E-state index in [4.69, 9.17) is 11.6 Å². The average Bonchev–Trinajstić information content (AvgIpc) is 3.03. The molecule has 0 amide bonds. The lowest BCUT2D eigenvalue weighted by Gasteiger charge is -2.09. The number of rotatable bonds is 4. The molecule has 3 aromatic rings. The van der Waals surface area contributed by atoms with E-state index in [1.54, 1.807) is 17.1 Å². The van der Waals surface area contributed by atoms with Crippen LogP contribution in [-0.4, -0.2) is 29.5 Å². The molecule has 1 unspecified atom stereocenters. The third-order valence-electron chi connectivity index (χ3n) is 3.25. The number of aromatic nitrogens is 6. The van der Waals surface area contributed by atoms with Gasteiger partial charge in [-0.2, -0.15) is 0 Å². The number of imidazole rings is 1. The normalized spacial score (nSPS) is 12.9. The van der Waals surface area contributed by atoms with Crippen molar-refractivity contribution in [1.82, 2.24) is 29.5 Å². The van der Waals surface area contributed by atoms with Crippen LogP contribution in [-0.2, 0) is 13.1 Å². The van der Waals surface area contributed by atoms with Crippen molar-refractivity contribution in [3.63, 3.8) is 0 Å². The fourth-order valence-corrected chi connectivity index (χ4v) is 2.40. The van der Waals surface area contributed by atoms with Gasteiger partial charge in [0.2, 0.25) is 0 Å². The Balaban J connectivity index is 2.02. The molecule has 7 heteroatoms. The molecule has 0 spiro atoms. The quantitative estimate of drug-likeness (QED) is 0.692. The molecule has 1 atom stereocenters. The first-order chi connectivity index (χ1) is 9.66. The van der Waals surface area contributed by atoms with Gasteiger partial charge in [-0.15, -0.1) is 16.7 Å². The molecule has 3 aromatic heterocycles. The highest BCUT2D eigenvalue weighted by Crippen LogP contribution is 2.25. The van der Waals surface area contributed by atoms with E-state index in [2.05, 4.69) is 24.8 Å². The van der Waals surface area contributed by atoms with Gasteiger partial charge >= 0.3 is 0 Å². The van der Waals surface area contributed by atoms with Gasteiger partial charge in [-0.05, 0) is 25.5 Å². The Kier molecular flexibility index (Phi) is 3.40. The molecule has 20 heavy (non-hydrogen) atoms. The molecule has 104 valence electrons. The smallest absolute Gasteiger partial charge is 0.160 e. The van der Waals surface area contributed by atoms with Gasteiger partial charge in [-0.25, -0.2) is 9.97 Å². The fraction of sp³-hybridized carbons (Fsp3) is 0.385. The highest BCUT2D eigenvalue weighted by Gasteiger charge is 2.16. The zero-order chi connectivity index (χ0) is 14.1. The van der Waals surface area contributed by atoms with Gasteiger partial charge in [0, 0.05) is 18.9 Å². The summed E-state index contributed by atoms with van der Waals surface area (Å²) in [6, 6.07) is 1.96. The van der Waals surface area contributed by atoms with Crippen molar-refractivity contribution in [2.24, 2.45) is 0 Å². The van der Waals surface area contributed by atoms with Gasteiger partial charge in [-0.1, -0.05) is 5.21 Å². The number of hydrogen-bond acceptors (Lipinski definition) is 4. The first-order valence-electron chi connectivity index (χ1n) is 6.46. The number of pyridine rings is 1. The van der Waals surface area contributed by atoms with E-state index in [-0.39, 0.29) is 5.38 Å². The molecule has 3 rings (SSSR count). The van der Waals surface area contributed by atoms with Gasteiger partial charge in [-0.3, -0.25) is 4.68 Å². The summed E-state index contributed by atoms with van der Waals surface area (Å²) in [5.41, 5.74) is 2.88. The van der Waals surface area contributed by atoms with Crippen LogP contribution in [0.15, 0.2) is 24.7 Å². The predicted molar refractivity (Wildman–Crippen MR) is 76.6 cm³/mol. The van der Waals surface area contributed by atoms with Gasteiger partial charge < -0.3 is 4.57 Å². The molecule has 0 aliphatic rings. The number of nitrogens with zero attached hydrogens (tertiary/aromatic N) is 6. The van der Waals surface area contributed by atoms with Crippen molar-refractivity contribution >= 4 is 22.8 Å². The molecule has 0 aliphatic heterocycles. The Bertz CT molecular complexity index is 716. The van der Waals surface area contributed by atoms with Crippen molar-refractivity contribution in [2.45, 2.75) is 32.3 Å². The molecular weight excluding hydrogens is 276 g/mol. The van der Waals surface area contributed by atoms with E-state index in [1.165, 1.54) is 0 Å². The van der Waals surface area contributed by atoms with Crippen LogP contribution in [0.2, 0.25) is 0 Å². The lowest BCUT2D eigenvalue weighted by molar-refractivity contribution is 0.513. The van der Waals surface area contributed by atoms with Crippen LogP contribution in [0.3, 0.4) is 0 Å². The van der Waals surface area contributed by atoms with Crippen molar-refractivity contribution in [2.75, 3.05) is 0 Å². The second-order valence-electron chi connectivity index (χ2n) is 4.70. The highest BCUT2D eigenvalue weighted by molar-refractivity contribution is 6.20. The topological polar surface area (TPSA) is 61.4 Å². The van der Waals surface area contributed by atoms with Gasteiger partial charge in [0.15, 0.2) is 5.65 Å². The van der Waals surface area contributed by atoms with Crippen LogP contribution in [0.5, 0.6) is 0 Å². The van der Waals surface area contributed by atoms with Gasteiger partial charge in [0.25, 0.3) is 0 Å². The molecule has 0 fully saturated rings. The lowest BCUT2D eigenvalue weighted by atomic mass is 10.3. The van der Waals surface area contributed by atoms with Gasteiger partial charge in [0.05, 0.1) is 18.1 Å². The second kappa shape index (κ2) is 5.20. The summed E-state index contributed by atoms with van der Waals surface area (Å²) in [5, 5.41) is 7.60. The summed E-state index contributed by atoms with van der Waals surface area (Å²) >= 11 is 6.25. The largest absolute Gasteiger partial charge is 0.310 e. The Morgan fingerprint density at radius 3 is 2.85 bits per heavy atom. The van der Waals surface area contributed by atoms with E-state index in [0.717, 1.165) is 22.6 Å². The number of halogens is 1. The summed E-state index contributed by atoms with van der Waals surface area (Å²) in [4.78, 5) is 9.08. The van der Waals surface area contributed by atoms with Crippen LogP contribution in [0.25, 0.3) is 11.2 Å². The number of aryl methyl sites for hydroxylation is 3. The predicted octanol–water partition coefficient (Wildman–Crippen LogP) is 2.33. The Hall–Kier alpha value is -1.95. The van der Waals surface area contributed by atoms with Crippen molar-refractivity contribution in [3.05, 3.63) is 36.0 Å². The van der Waals surface area contributed by atoms with Crippen LogP contribution in [0.1, 0.15) is 23.7 Å². The molecule has 6 nitrogen and oxygen atoms in total. The number of fused-ring (bicyclic) bond motifs is 1. The third-order valence-corrected chi connectivity index (χ3v) is 3.44. The monoisotopic (exact) mass is 290 g/mol. The summed E-state index contributed by atoms with van der Waals surface area (Å²) < 4.78 is 3.84. The van der Waals surface area contributed by atoms with Crippen molar-refractivity contribution < 1.29 is 0 Å². The van der Waals surface area contributed by atoms with E-state index in [9.17, 15) is 0 Å². The minimum atomic E-state index is -0.167.